The molecule has 0 aromatic heterocycles. The van der Waals surface area contributed by atoms with Crippen molar-refractivity contribution in [2.45, 2.75) is 39.3 Å². The van der Waals surface area contributed by atoms with E-state index in [2.05, 4.69) is 17.3 Å². The number of ether oxygens (including phenoxy) is 1. The predicted molar refractivity (Wildman–Crippen MR) is 53.4 cm³/mol. The van der Waals surface area contributed by atoms with Crippen molar-refractivity contribution in [1.29, 1.82) is 0 Å². The van der Waals surface area contributed by atoms with E-state index < -0.39 is 0 Å². The lowest BCUT2D eigenvalue weighted by Crippen LogP contribution is -2.37. The van der Waals surface area contributed by atoms with E-state index in [0.29, 0.717) is 12.0 Å². The highest BCUT2D eigenvalue weighted by molar-refractivity contribution is 5.84. The van der Waals surface area contributed by atoms with Crippen LogP contribution in [0.5, 0.6) is 0 Å². The third kappa shape index (κ3) is 2.97. The lowest BCUT2D eigenvalue weighted by molar-refractivity contribution is 0.123. The highest BCUT2D eigenvalue weighted by atomic mass is 16.5. The monoisotopic (exact) mass is 185 g/mol. The number of amidine groups is 1. The molecule has 1 rings (SSSR count). The predicted octanol–water partition coefficient (Wildman–Crippen LogP) is 0.682. The molecule has 2 unspecified atom stereocenters. The molecule has 0 aromatic carbocycles. The summed E-state index contributed by atoms with van der Waals surface area (Å²) in [5.74, 6) is 6.63. The van der Waals surface area contributed by atoms with Crippen LogP contribution >= 0.6 is 0 Å². The van der Waals surface area contributed by atoms with Crippen LogP contribution in [0, 0.1) is 5.92 Å². The van der Waals surface area contributed by atoms with Gasteiger partial charge in [0.1, 0.15) is 5.84 Å². The van der Waals surface area contributed by atoms with E-state index in [9.17, 15) is 0 Å². The highest BCUT2D eigenvalue weighted by Crippen LogP contribution is 2.19. The van der Waals surface area contributed by atoms with E-state index in [4.69, 9.17) is 10.6 Å². The molecule has 0 bridgehead atoms. The van der Waals surface area contributed by atoms with Crippen molar-refractivity contribution in [3.8, 4) is 0 Å². The quantitative estimate of drug-likeness (QED) is 0.288. The molecule has 4 heteroatoms. The summed E-state index contributed by atoms with van der Waals surface area (Å²) in [4.78, 5) is 4.41. The number of nitrogens with one attached hydrogen (secondary N) is 1. The summed E-state index contributed by atoms with van der Waals surface area (Å²) in [6.07, 6.45) is 1.34. The molecule has 1 saturated heterocycles. The zero-order valence-electron chi connectivity index (χ0n) is 8.58. The van der Waals surface area contributed by atoms with Gasteiger partial charge in [-0.3, -0.25) is 4.99 Å². The van der Waals surface area contributed by atoms with Crippen LogP contribution in [-0.4, -0.2) is 24.6 Å². The Morgan fingerprint density at radius 2 is 2.31 bits per heavy atom. The van der Waals surface area contributed by atoms with Gasteiger partial charge in [-0.15, -0.1) is 0 Å². The first-order chi connectivity index (χ1) is 6.13. The van der Waals surface area contributed by atoms with Crippen LogP contribution in [0.15, 0.2) is 4.99 Å². The van der Waals surface area contributed by atoms with E-state index in [1.807, 2.05) is 13.8 Å². The van der Waals surface area contributed by atoms with Gasteiger partial charge in [0.2, 0.25) is 0 Å². The maximum absolute atomic E-state index is 5.45. The second kappa shape index (κ2) is 4.58. The van der Waals surface area contributed by atoms with Gasteiger partial charge in [-0.1, -0.05) is 0 Å². The smallest absolute Gasteiger partial charge is 0.116 e. The van der Waals surface area contributed by atoms with Crippen LogP contribution in [0.4, 0.5) is 0 Å². The molecule has 0 amide bonds. The number of nitrogens with two attached hydrogens (primary N) is 1. The van der Waals surface area contributed by atoms with Gasteiger partial charge in [0, 0.05) is 12.0 Å². The summed E-state index contributed by atoms with van der Waals surface area (Å²) < 4.78 is 5.45. The van der Waals surface area contributed by atoms with Crippen molar-refractivity contribution >= 4 is 5.84 Å². The first-order valence-electron chi connectivity index (χ1n) is 4.79. The largest absolute Gasteiger partial charge is 0.378 e. The molecule has 1 aliphatic heterocycles. The van der Waals surface area contributed by atoms with Gasteiger partial charge in [0.15, 0.2) is 0 Å². The summed E-state index contributed by atoms with van der Waals surface area (Å²) in [6, 6.07) is 0.280. The normalized spacial score (nSPS) is 29.8. The number of hydrazine groups is 1. The van der Waals surface area contributed by atoms with E-state index in [1.165, 1.54) is 0 Å². The summed E-state index contributed by atoms with van der Waals surface area (Å²) in [5, 5.41) is 0. The Morgan fingerprint density at radius 1 is 1.62 bits per heavy atom. The fraction of sp³-hybridized carbons (Fsp3) is 0.889. The second-order valence-corrected chi connectivity index (χ2v) is 3.83. The lowest BCUT2D eigenvalue weighted by atomic mass is 10.1. The average Bonchev–Trinajstić information content (AvgIpc) is 2.47. The van der Waals surface area contributed by atoms with Gasteiger partial charge < -0.3 is 10.2 Å². The van der Waals surface area contributed by atoms with Gasteiger partial charge in [-0.05, 0) is 27.2 Å². The van der Waals surface area contributed by atoms with Crippen molar-refractivity contribution in [2.75, 3.05) is 6.61 Å². The zero-order valence-corrected chi connectivity index (χ0v) is 8.58. The second-order valence-electron chi connectivity index (χ2n) is 3.83. The SMILES string of the molecule is CC(C)N=C(NN)C1COC(C)C1. The fourth-order valence-electron chi connectivity index (χ4n) is 1.55. The molecule has 13 heavy (non-hydrogen) atoms. The van der Waals surface area contributed by atoms with Crippen molar-refractivity contribution in [3.05, 3.63) is 0 Å². The molecule has 3 N–H and O–H groups in total. The molecular formula is C9H19N3O. The molecule has 1 heterocycles. The van der Waals surface area contributed by atoms with Crippen molar-refractivity contribution in [3.63, 3.8) is 0 Å². The van der Waals surface area contributed by atoms with Gasteiger partial charge >= 0.3 is 0 Å². The highest BCUT2D eigenvalue weighted by Gasteiger charge is 2.26. The van der Waals surface area contributed by atoms with E-state index in [0.717, 1.165) is 18.9 Å². The maximum Gasteiger partial charge on any atom is 0.116 e. The van der Waals surface area contributed by atoms with E-state index in [1.54, 1.807) is 0 Å². The molecule has 76 valence electrons. The van der Waals surface area contributed by atoms with Gasteiger partial charge in [-0.2, -0.15) is 0 Å². The Morgan fingerprint density at radius 3 is 2.69 bits per heavy atom. The number of hydrogen-bond donors (Lipinski definition) is 2. The summed E-state index contributed by atoms with van der Waals surface area (Å²) in [6.45, 7) is 6.88. The summed E-state index contributed by atoms with van der Waals surface area (Å²) in [7, 11) is 0. The third-order valence-electron chi connectivity index (χ3n) is 2.13. The van der Waals surface area contributed by atoms with Crippen LogP contribution in [0.1, 0.15) is 27.2 Å². The van der Waals surface area contributed by atoms with Crippen LogP contribution < -0.4 is 11.3 Å². The minimum atomic E-state index is 0.280. The molecule has 0 saturated carbocycles. The van der Waals surface area contributed by atoms with Gasteiger partial charge in [0.05, 0.1) is 12.7 Å². The number of nitrogens with zero attached hydrogens (tertiary/aromatic N) is 1. The van der Waals surface area contributed by atoms with Crippen molar-refractivity contribution in [2.24, 2.45) is 16.8 Å². The lowest BCUT2D eigenvalue weighted by Gasteiger charge is -2.12. The average molecular weight is 185 g/mol. The topological polar surface area (TPSA) is 59.6 Å². The molecule has 4 nitrogen and oxygen atoms in total. The standard InChI is InChI=1S/C9H19N3O/c1-6(2)11-9(12-10)8-4-7(3)13-5-8/h6-8H,4-5,10H2,1-3H3,(H,11,12). The number of aliphatic imine (C=N–C) groups is 1. The number of hydrogen-bond acceptors (Lipinski definition) is 3. The van der Waals surface area contributed by atoms with Gasteiger partial charge in [0.25, 0.3) is 0 Å². The van der Waals surface area contributed by atoms with Crippen LogP contribution in [0.3, 0.4) is 0 Å². The Hall–Kier alpha value is -0.610. The Labute approximate surface area is 79.5 Å². The Bertz CT molecular complexity index is 191. The van der Waals surface area contributed by atoms with Crippen molar-refractivity contribution < 1.29 is 4.74 Å². The molecule has 0 aromatic rings. The van der Waals surface area contributed by atoms with Crippen molar-refractivity contribution in [1.82, 2.24) is 5.43 Å². The minimum absolute atomic E-state index is 0.280. The molecule has 0 aliphatic carbocycles. The van der Waals surface area contributed by atoms with Crippen LogP contribution in [-0.2, 0) is 4.74 Å². The van der Waals surface area contributed by atoms with Crippen LogP contribution in [0.25, 0.3) is 0 Å². The third-order valence-corrected chi connectivity index (χ3v) is 2.13. The molecule has 0 spiro atoms. The van der Waals surface area contributed by atoms with E-state index in [-0.39, 0.29) is 6.04 Å². The first kappa shape index (κ1) is 10.5. The first-order valence-corrected chi connectivity index (χ1v) is 4.79. The summed E-state index contributed by atoms with van der Waals surface area (Å²) in [5.41, 5.74) is 2.67. The van der Waals surface area contributed by atoms with Crippen LogP contribution in [0.2, 0.25) is 0 Å². The number of rotatable bonds is 2. The Balaban J connectivity index is 2.57. The molecular weight excluding hydrogens is 166 g/mol. The molecule has 0 radical (unpaired) electrons. The fourth-order valence-corrected chi connectivity index (χ4v) is 1.55. The molecule has 1 aliphatic rings. The summed E-state index contributed by atoms with van der Waals surface area (Å²) >= 11 is 0. The molecule has 1 fully saturated rings. The van der Waals surface area contributed by atoms with Gasteiger partial charge in [-0.25, -0.2) is 5.84 Å². The maximum atomic E-state index is 5.45. The minimum Gasteiger partial charge on any atom is -0.378 e. The van der Waals surface area contributed by atoms with E-state index >= 15 is 0 Å². The zero-order chi connectivity index (χ0) is 9.84. The Kier molecular flexibility index (Phi) is 3.69. The molecule has 2 atom stereocenters.